The molecule has 2 N–H and O–H groups in total. The average molecular weight is 374 g/mol. The number of nitrogens with one attached hydrogen (secondary N) is 1. The van der Waals surface area contributed by atoms with Crippen molar-refractivity contribution in [1.82, 2.24) is 0 Å². The van der Waals surface area contributed by atoms with Crippen LogP contribution in [0.2, 0.25) is 10.0 Å². The van der Waals surface area contributed by atoms with Crippen molar-refractivity contribution in [3.05, 3.63) is 74.8 Å². The SMILES string of the molecule is Cc1ccc(C(=O)O)c2c1N[C@H](c1ccc(Cl)cc1Cl)[C@@H]1CC=C[C@H]21. The first kappa shape index (κ1) is 16.5. The number of hydrogen-bond acceptors (Lipinski definition) is 2. The number of hydrogen-bond donors (Lipinski definition) is 2. The van der Waals surface area contributed by atoms with Crippen molar-refractivity contribution >= 4 is 34.9 Å². The van der Waals surface area contributed by atoms with Gasteiger partial charge in [-0.2, -0.15) is 0 Å². The molecule has 25 heavy (non-hydrogen) atoms. The van der Waals surface area contributed by atoms with Crippen LogP contribution in [0.1, 0.15) is 45.4 Å². The van der Waals surface area contributed by atoms with Gasteiger partial charge in [0.1, 0.15) is 0 Å². The zero-order valence-electron chi connectivity index (χ0n) is 13.6. The summed E-state index contributed by atoms with van der Waals surface area (Å²) < 4.78 is 0. The van der Waals surface area contributed by atoms with E-state index in [9.17, 15) is 9.90 Å². The number of rotatable bonds is 2. The summed E-state index contributed by atoms with van der Waals surface area (Å²) in [6.07, 6.45) is 5.15. The number of aromatic carboxylic acids is 1. The Labute approximate surface area is 156 Å². The second-order valence-electron chi connectivity index (χ2n) is 6.67. The van der Waals surface area contributed by atoms with Crippen molar-refractivity contribution in [2.45, 2.75) is 25.3 Å². The Morgan fingerprint density at radius 2 is 2.04 bits per heavy atom. The fourth-order valence-corrected chi connectivity index (χ4v) is 4.63. The van der Waals surface area contributed by atoms with Crippen molar-refractivity contribution in [2.24, 2.45) is 5.92 Å². The Kier molecular flexibility index (Phi) is 4.01. The van der Waals surface area contributed by atoms with Crippen LogP contribution in [0, 0.1) is 12.8 Å². The van der Waals surface area contributed by atoms with Crippen LogP contribution in [-0.4, -0.2) is 11.1 Å². The molecule has 2 aromatic carbocycles. The number of allylic oxidation sites excluding steroid dienone is 2. The lowest BCUT2D eigenvalue weighted by Gasteiger charge is -2.39. The molecule has 1 heterocycles. The molecule has 0 spiro atoms. The van der Waals surface area contributed by atoms with Gasteiger partial charge in [-0.15, -0.1) is 0 Å². The van der Waals surface area contributed by atoms with Crippen molar-refractivity contribution in [3.8, 4) is 0 Å². The molecule has 5 heteroatoms. The molecule has 0 amide bonds. The van der Waals surface area contributed by atoms with Gasteiger partial charge in [-0.1, -0.05) is 47.5 Å². The van der Waals surface area contributed by atoms with Crippen LogP contribution in [0.4, 0.5) is 5.69 Å². The Morgan fingerprint density at radius 1 is 1.24 bits per heavy atom. The molecule has 0 unspecified atom stereocenters. The van der Waals surface area contributed by atoms with Crippen LogP contribution < -0.4 is 5.32 Å². The molecule has 0 radical (unpaired) electrons. The molecule has 0 fully saturated rings. The first-order valence-corrected chi connectivity index (χ1v) is 8.98. The van der Waals surface area contributed by atoms with E-state index in [1.165, 1.54) is 0 Å². The number of benzene rings is 2. The predicted molar refractivity (Wildman–Crippen MR) is 101 cm³/mol. The highest BCUT2D eigenvalue weighted by atomic mass is 35.5. The summed E-state index contributed by atoms with van der Waals surface area (Å²) in [6.45, 7) is 2.00. The smallest absolute Gasteiger partial charge is 0.336 e. The summed E-state index contributed by atoms with van der Waals surface area (Å²) >= 11 is 12.5. The zero-order chi connectivity index (χ0) is 17.7. The second kappa shape index (κ2) is 6.08. The number of carbonyl (C=O) groups is 1. The molecule has 3 atom stereocenters. The Morgan fingerprint density at radius 3 is 2.76 bits per heavy atom. The third-order valence-electron chi connectivity index (χ3n) is 5.26. The van der Waals surface area contributed by atoms with E-state index in [2.05, 4.69) is 17.5 Å². The number of aryl methyl sites for hydroxylation is 1. The number of fused-ring (bicyclic) bond motifs is 3. The Balaban J connectivity index is 1.89. The van der Waals surface area contributed by atoms with Gasteiger partial charge in [0.15, 0.2) is 0 Å². The highest BCUT2D eigenvalue weighted by Gasteiger charge is 2.41. The zero-order valence-corrected chi connectivity index (χ0v) is 15.1. The Bertz CT molecular complexity index is 907. The van der Waals surface area contributed by atoms with E-state index >= 15 is 0 Å². The summed E-state index contributed by atoms with van der Waals surface area (Å²) in [5.74, 6) is -0.592. The number of halogens is 2. The van der Waals surface area contributed by atoms with E-state index in [0.29, 0.717) is 15.6 Å². The van der Waals surface area contributed by atoms with Gasteiger partial charge in [0, 0.05) is 21.7 Å². The summed E-state index contributed by atoms with van der Waals surface area (Å²) in [6, 6.07) is 9.14. The molecule has 1 aliphatic carbocycles. The fraction of sp³-hybridized carbons (Fsp3) is 0.250. The van der Waals surface area contributed by atoms with Gasteiger partial charge < -0.3 is 10.4 Å². The van der Waals surface area contributed by atoms with Crippen LogP contribution in [0.5, 0.6) is 0 Å². The summed E-state index contributed by atoms with van der Waals surface area (Å²) in [5.41, 5.74) is 4.19. The molecule has 4 rings (SSSR count). The van der Waals surface area contributed by atoms with Gasteiger partial charge in [-0.05, 0) is 54.2 Å². The fourth-order valence-electron chi connectivity index (χ4n) is 4.10. The summed E-state index contributed by atoms with van der Waals surface area (Å²) in [5, 5.41) is 14.4. The highest BCUT2D eigenvalue weighted by molar-refractivity contribution is 6.35. The largest absolute Gasteiger partial charge is 0.478 e. The summed E-state index contributed by atoms with van der Waals surface area (Å²) in [4.78, 5) is 11.7. The van der Waals surface area contributed by atoms with Crippen LogP contribution in [0.15, 0.2) is 42.5 Å². The third kappa shape index (κ3) is 2.62. The molecule has 128 valence electrons. The van der Waals surface area contributed by atoms with Crippen molar-refractivity contribution in [2.75, 3.05) is 5.32 Å². The van der Waals surface area contributed by atoms with E-state index in [1.807, 2.05) is 25.1 Å². The minimum Gasteiger partial charge on any atom is -0.478 e. The number of anilines is 1. The average Bonchev–Trinajstić information content (AvgIpc) is 3.04. The van der Waals surface area contributed by atoms with Crippen molar-refractivity contribution < 1.29 is 9.90 Å². The van der Waals surface area contributed by atoms with Crippen LogP contribution in [0.25, 0.3) is 0 Å². The van der Waals surface area contributed by atoms with E-state index in [1.54, 1.807) is 12.1 Å². The first-order chi connectivity index (χ1) is 12.0. The maximum Gasteiger partial charge on any atom is 0.336 e. The lowest BCUT2D eigenvalue weighted by molar-refractivity contribution is 0.0695. The van der Waals surface area contributed by atoms with Crippen molar-refractivity contribution in [1.29, 1.82) is 0 Å². The van der Waals surface area contributed by atoms with Gasteiger partial charge in [0.2, 0.25) is 0 Å². The molecule has 0 aromatic heterocycles. The lowest BCUT2D eigenvalue weighted by Crippen LogP contribution is -2.31. The quantitative estimate of drug-likeness (QED) is 0.651. The topological polar surface area (TPSA) is 49.3 Å². The van der Waals surface area contributed by atoms with E-state index < -0.39 is 5.97 Å². The number of carboxylic acid groups (broad SMARTS) is 1. The molecule has 0 bridgehead atoms. The van der Waals surface area contributed by atoms with E-state index in [0.717, 1.165) is 28.8 Å². The molecule has 2 aliphatic rings. The number of carboxylic acids is 1. The van der Waals surface area contributed by atoms with Gasteiger partial charge in [-0.25, -0.2) is 4.79 Å². The van der Waals surface area contributed by atoms with E-state index in [-0.39, 0.29) is 17.9 Å². The lowest BCUT2D eigenvalue weighted by atomic mass is 9.74. The molecule has 1 aliphatic heterocycles. The maximum atomic E-state index is 11.7. The van der Waals surface area contributed by atoms with Gasteiger partial charge in [0.05, 0.1) is 11.6 Å². The molecule has 3 nitrogen and oxygen atoms in total. The van der Waals surface area contributed by atoms with Crippen LogP contribution >= 0.6 is 23.2 Å². The van der Waals surface area contributed by atoms with Gasteiger partial charge in [-0.3, -0.25) is 0 Å². The van der Waals surface area contributed by atoms with Crippen molar-refractivity contribution in [3.63, 3.8) is 0 Å². The maximum absolute atomic E-state index is 11.7. The second-order valence-corrected chi connectivity index (χ2v) is 7.51. The summed E-state index contributed by atoms with van der Waals surface area (Å²) in [7, 11) is 0. The van der Waals surface area contributed by atoms with Gasteiger partial charge in [0.25, 0.3) is 0 Å². The predicted octanol–water partition coefficient (Wildman–Crippen LogP) is 5.83. The van der Waals surface area contributed by atoms with Crippen LogP contribution in [0.3, 0.4) is 0 Å². The monoisotopic (exact) mass is 373 g/mol. The third-order valence-corrected chi connectivity index (χ3v) is 5.82. The molecule has 0 saturated carbocycles. The van der Waals surface area contributed by atoms with E-state index in [4.69, 9.17) is 23.2 Å². The molecule has 0 saturated heterocycles. The molecular formula is C20H17Cl2NO2. The molecule has 2 aromatic rings. The molecular weight excluding hydrogens is 357 g/mol. The normalized spacial score (nSPS) is 23.7. The minimum atomic E-state index is -0.889. The van der Waals surface area contributed by atoms with Crippen LogP contribution in [-0.2, 0) is 0 Å². The Hall–Kier alpha value is -1.97. The first-order valence-electron chi connectivity index (χ1n) is 8.22. The highest BCUT2D eigenvalue weighted by Crippen LogP contribution is 2.52. The van der Waals surface area contributed by atoms with Gasteiger partial charge >= 0.3 is 5.97 Å². The standard InChI is InChI=1S/C20H17Cl2NO2/c1-10-5-7-15(20(24)25)17-12-3-2-4-13(12)19(23-18(10)17)14-8-6-11(21)9-16(14)22/h2-3,5-9,12-13,19,23H,4H2,1H3,(H,24,25)/t12-,13+,19-/m0/s1. The minimum absolute atomic E-state index is 0.0139.